The summed E-state index contributed by atoms with van der Waals surface area (Å²) in [5, 5.41) is 20.0. The number of carbonyl (C=O) groups is 3. The van der Waals surface area contributed by atoms with Gasteiger partial charge in [0.2, 0.25) is 11.7 Å². The molecule has 10 nitrogen and oxygen atoms in total. The molecule has 0 aromatic rings. The molecule has 0 spiro atoms. The normalized spacial score (nSPS) is 18.2. The summed E-state index contributed by atoms with van der Waals surface area (Å²) >= 11 is 0. The Morgan fingerprint density at radius 3 is 1.78 bits per heavy atom. The molecule has 11 heteroatoms. The van der Waals surface area contributed by atoms with E-state index in [2.05, 4.69) is 25.7 Å². The van der Waals surface area contributed by atoms with Crippen LogP contribution in [0.15, 0.2) is 24.2 Å². The predicted molar refractivity (Wildman–Crippen MR) is 199 cm³/mol. The van der Waals surface area contributed by atoms with Crippen molar-refractivity contribution in [2.75, 3.05) is 6.61 Å². The molecule has 0 aromatic carbocycles. The number of unbranched alkanes of at least 4 members (excludes halogenated alkanes) is 19. The summed E-state index contributed by atoms with van der Waals surface area (Å²) in [6.07, 6.45) is 21.8. The maximum absolute atomic E-state index is 16.4. The van der Waals surface area contributed by atoms with E-state index in [-0.39, 0.29) is 12.2 Å². The van der Waals surface area contributed by atoms with Crippen molar-refractivity contribution in [3.63, 3.8) is 0 Å². The smallest absolute Gasteiger partial charge is 0.370 e. The molecule has 0 saturated heterocycles. The van der Waals surface area contributed by atoms with Crippen molar-refractivity contribution in [3.8, 4) is 0 Å². The zero-order chi connectivity index (χ0) is 37.7. The van der Waals surface area contributed by atoms with Crippen LogP contribution in [-0.4, -0.2) is 60.2 Å². The zero-order valence-corrected chi connectivity index (χ0v) is 31.9. The van der Waals surface area contributed by atoms with Gasteiger partial charge in [-0.1, -0.05) is 142 Å². The van der Waals surface area contributed by atoms with Gasteiger partial charge in [-0.2, -0.15) is 4.89 Å². The highest BCUT2D eigenvalue weighted by molar-refractivity contribution is 5.86. The van der Waals surface area contributed by atoms with Crippen LogP contribution >= 0.6 is 0 Å². The van der Waals surface area contributed by atoms with Gasteiger partial charge in [-0.3, -0.25) is 9.59 Å². The van der Waals surface area contributed by atoms with Gasteiger partial charge in [0.1, 0.15) is 12.4 Å². The number of halogens is 1. The molecule has 294 valence electrons. The van der Waals surface area contributed by atoms with Crippen LogP contribution in [0, 0.1) is 11.3 Å². The molecule has 1 aliphatic heterocycles. The molecule has 0 fully saturated rings. The molecule has 5 atom stereocenters. The monoisotopic (exact) mass is 725 g/mol. The number of ether oxygens (including phenoxy) is 2. The van der Waals surface area contributed by atoms with Gasteiger partial charge in [0.05, 0.1) is 6.04 Å². The average molecular weight is 725 g/mol. The predicted octanol–water partition coefficient (Wildman–Crippen LogP) is 9.85. The van der Waals surface area contributed by atoms with Gasteiger partial charge in [-0.25, -0.2) is 9.18 Å². The minimum absolute atomic E-state index is 0.170. The number of esters is 1. The van der Waals surface area contributed by atoms with Gasteiger partial charge in [0.25, 0.3) is 0 Å². The van der Waals surface area contributed by atoms with Gasteiger partial charge in [0.15, 0.2) is 18.4 Å². The summed E-state index contributed by atoms with van der Waals surface area (Å²) in [7, 11) is 0. The number of alkyl halides is 1. The number of rotatable bonds is 33. The first-order valence-electron chi connectivity index (χ1n) is 19.8. The van der Waals surface area contributed by atoms with Crippen molar-refractivity contribution in [1.82, 2.24) is 5.32 Å². The third kappa shape index (κ3) is 21.9. The molecule has 0 bridgehead atoms. The van der Waals surface area contributed by atoms with E-state index in [4.69, 9.17) is 24.7 Å². The number of carboxylic acid groups (broad SMARTS) is 1. The van der Waals surface area contributed by atoms with Crippen LogP contribution in [0.4, 0.5) is 4.39 Å². The molecule has 1 heterocycles. The van der Waals surface area contributed by atoms with Crippen molar-refractivity contribution < 1.29 is 43.1 Å². The Labute approximate surface area is 307 Å². The first kappa shape index (κ1) is 46.1. The van der Waals surface area contributed by atoms with Gasteiger partial charge in [0, 0.05) is 31.9 Å². The summed E-state index contributed by atoms with van der Waals surface area (Å²) in [4.78, 5) is 47.3. The Morgan fingerprint density at radius 1 is 0.863 bits per heavy atom. The zero-order valence-electron chi connectivity index (χ0n) is 31.9. The lowest BCUT2D eigenvalue weighted by atomic mass is 9.88. The van der Waals surface area contributed by atoms with E-state index in [1.54, 1.807) is 0 Å². The Balaban J connectivity index is 2.72. The van der Waals surface area contributed by atoms with E-state index in [1.165, 1.54) is 96.8 Å². The molecule has 0 radical (unpaired) electrons. The molecule has 3 unspecified atom stereocenters. The topological polar surface area (TPSA) is 144 Å². The van der Waals surface area contributed by atoms with Crippen LogP contribution in [0.5, 0.6) is 0 Å². The fourth-order valence-corrected chi connectivity index (χ4v) is 6.25. The molecule has 0 saturated carbocycles. The van der Waals surface area contributed by atoms with Crippen molar-refractivity contribution in [2.45, 2.75) is 193 Å². The van der Waals surface area contributed by atoms with Crippen molar-refractivity contribution in [1.29, 1.82) is 5.41 Å². The van der Waals surface area contributed by atoms with E-state index in [1.807, 2.05) is 0 Å². The van der Waals surface area contributed by atoms with E-state index >= 15 is 4.39 Å². The van der Waals surface area contributed by atoms with Crippen molar-refractivity contribution in [2.24, 2.45) is 5.92 Å². The fourth-order valence-electron chi connectivity index (χ4n) is 6.25. The summed E-state index contributed by atoms with van der Waals surface area (Å²) in [5.41, 5.74) is 0. The second-order valence-electron chi connectivity index (χ2n) is 14.0. The van der Waals surface area contributed by atoms with Crippen molar-refractivity contribution in [3.05, 3.63) is 24.2 Å². The van der Waals surface area contributed by atoms with Crippen LogP contribution in [0.1, 0.15) is 168 Å². The number of aliphatic carboxylic acids is 1. The summed E-state index contributed by atoms with van der Waals surface area (Å²) in [6, 6.07) is -1.12. The number of amides is 1. The van der Waals surface area contributed by atoms with Gasteiger partial charge in [-0.15, -0.1) is 0 Å². The third-order valence-electron chi connectivity index (χ3n) is 9.31. The number of allylic oxidation sites excluding steroid dienone is 1. The summed E-state index contributed by atoms with van der Waals surface area (Å²) in [6.45, 7) is 9.02. The molecule has 3 N–H and O–H groups in total. The number of hydrogen-bond acceptors (Lipinski definition) is 8. The number of hydrogen-bond donors (Lipinski definition) is 3. The minimum atomic E-state index is -2.12. The fraction of sp³-hybridized carbons (Fsp3) is 0.800. The molecule has 0 aliphatic carbocycles. The first-order chi connectivity index (χ1) is 24.6. The molecular weight excluding hydrogens is 655 g/mol. The number of carbonyl (C=O) groups excluding carboxylic acids is 2. The van der Waals surface area contributed by atoms with Crippen LogP contribution in [0.25, 0.3) is 0 Å². The van der Waals surface area contributed by atoms with Gasteiger partial charge in [-0.05, 0) is 18.9 Å². The lowest BCUT2D eigenvalue weighted by Crippen LogP contribution is -2.57. The molecule has 1 amide bonds. The standard InChI is InChI=1S/C40H69FN2O8/c1-5-7-9-11-13-15-17-19-21-23-25-27-36(45)48-30-35(51-50-31(3)26-24-22-20-18-16-14-12-10-8-6-2)37(41)39-38(43-32(4)44)33(29-42)28-34(49-39)40(46)47/h28-29,33,35,37-39,42H,3,5-27,30H2,1-2,4H3,(H,43,44)(H,46,47)/t33-,35?,37?,38?,39+/m1/s1. The Bertz CT molecular complexity index is 1020. The molecular formula is C40H69FN2O8. The minimum Gasteiger partial charge on any atom is -0.478 e. The number of carboxylic acids is 1. The van der Waals surface area contributed by atoms with Crippen LogP contribution in [0.2, 0.25) is 0 Å². The first-order valence-corrected chi connectivity index (χ1v) is 19.8. The van der Waals surface area contributed by atoms with E-state index in [0.717, 1.165) is 50.8 Å². The Morgan fingerprint density at radius 2 is 1.33 bits per heavy atom. The maximum Gasteiger partial charge on any atom is 0.370 e. The quantitative estimate of drug-likeness (QED) is 0.0152. The average Bonchev–Trinajstić information content (AvgIpc) is 3.10. The Hall–Kier alpha value is -2.95. The lowest BCUT2D eigenvalue weighted by Gasteiger charge is -2.38. The van der Waals surface area contributed by atoms with Gasteiger partial charge >= 0.3 is 11.9 Å². The SMILES string of the molecule is C=C(CCCCCCCCCCCC)OOC(COC(=O)CCCCCCCCCCCCC)C(F)[C@@H]1OC(C(=O)O)=C[C@H](C=N)C1NC(C)=O. The maximum atomic E-state index is 16.4. The van der Waals surface area contributed by atoms with Crippen LogP contribution in [-0.2, 0) is 33.6 Å². The lowest BCUT2D eigenvalue weighted by molar-refractivity contribution is -0.319. The molecule has 51 heavy (non-hydrogen) atoms. The van der Waals surface area contributed by atoms with E-state index in [9.17, 15) is 19.5 Å². The largest absolute Gasteiger partial charge is 0.478 e. The molecule has 0 aromatic heterocycles. The molecule has 1 rings (SSSR count). The second-order valence-corrected chi connectivity index (χ2v) is 14.0. The van der Waals surface area contributed by atoms with E-state index in [0.29, 0.717) is 12.8 Å². The highest BCUT2D eigenvalue weighted by Gasteiger charge is 2.46. The van der Waals surface area contributed by atoms with Gasteiger partial charge < -0.3 is 30.2 Å². The third-order valence-corrected chi connectivity index (χ3v) is 9.31. The highest BCUT2D eigenvalue weighted by Crippen LogP contribution is 2.29. The summed E-state index contributed by atoms with van der Waals surface area (Å²) in [5.74, 6) is -3.72. The summed E-state index contributed by atoms with van der Waals surface area (Å²) < 4.78 is 27.3. The Kier molecular flexibility index (Phi) is 26.7. The highest BCUT2D eigenvalue weighted by atomic mass is 19.1. The van der Waals surface area contributed by atoms with E-state index < -0.39 is 60.6 Å². The number of nitrogens with one attached hydrogen (secondary N) is 2. The van der Waals surface area contributed by atoms with Crippen LogP contribution in [0.3, 0.4) is 0 Å². The second kappa shape index (κ2) is 29.6. The van der Waals surface area contributed by atoms with Crippen LogP contribution < -0.4 is 5.32 Å². The molecule has 1 aliphatic rings. The van der Waals surface area contributed by atoms with Crippen molar-refractivity contribution >= 4 is 24.1 Å².